The van der Waals surface area contributed by atoms with Crippen molar-refractivity contribution in [3.8, 4) is 11.1 Å². The van der Waals surface area contributed by atoms with Gasteiger partial charge in [0.25, 0.3) is 0 Å². The Hall–Kier alpha value is -3.06. The fraction of sp³-hybridized carbons (Fsp3) is 0.250. The summed E-state index contributed by atoms with van der Waals surface area (Å²) in [5.41, 5.74) is 4.09. The summed E-state index contributed by atoms with van der Waals surface area (Å²) in [6, 6.07) is 8.89. The molecule has 1 atom stereocenters. The van der Waals surface area contributed by atoms with Gasteiger partial charge in [-0.1, -0.05) is 6.07 Å². The van der Waals surface area contributed by atoms with Gasteiger partial charge in [-0.25, -0.2) is 9.78 Å². The molecule has 0 bridgehead atoms. The Bertz CT molecular complexity index is 1220. The number of fused-ring (bicyclic) bond motifs is 3. The molecule has 1 saturated heterocycles. The van der Waals surface area contributed by atoms with Crippen molar-refractivity contribution in [3.05, 3.63) is 59.2 Å². The lowest BCUT2D eigenvalue weighted by molar-refractivity contribution is 0.186. The van der Waals surface area contributed by atoms with Crippen LogP contribution in [-0.4, -0.2) is 32.3 Å². The van der Waals surface area contributed by atoms with Gasteiger partial charge >= 0.3 is 5.69 Å². The maximum absolute atomic E-state index is 13.2. The molecule has 0 aliphatic carbocycles. The Morgan fingerprint density at radius 1 is 1.15 bits per heavy atom. The standard InChI is InChI=1S/C20H17FN4O2/c1-24-17-10-22-16-4-2-12(13-3-5-18(21)23-9-13)8-15(16)19(17)25(20(24)26)14-6-7-27-11-14/h2-5,8-10,14H,6-7,11H2,1H3/t14-/m0/s1. The molecular weight excluding hydrogens is 347 g/mol. The van der Waals surface area contributed by atoms with Crippen LogP contribution in [-0.2, 0) is 11.8 Å². The summed E-state index contributed by atoms with van der Waals surface area (Å²) >= 11 is 0. The summed E-state index contributed by atoms with van der Waals surface area (Å²) < 4.78 is 22.1. The summed E-state index contributed by atoms with van der Waals surface area (Å²) in [5.74, 6) is -0.512. The van der Waals surface area contributed by atoms with Crippen LogP contribution in [0.25, 0.3) is 33.1 Å². The van der Waals surface area contributed by atoms with Gasteiger partial charge in [-0.2, -0.15) is 4.39 Å². The van der Waals surface area contributed by atoms with E-state index in [1.807, 2.05) is 22.8 Å². The second-order valence-electron chi connectivity index (χ2n) is 6.82. The van der Waals surface area contributed by atoms with Crippen LogP contribution in [0.2, 0.25) is 0 Å². The molecule has 4 aromatic rings. The van der Waals surface area contributed by atoms with Gasteiger partial charge in [-0.05, 0) is 36.2 Å². The molecule has 4 heterocycles. The van der Waals surface area contributed by atoms with Gasteiger partial charge in [0.2, 0.25) is 5.95 Å². The maximum Gasteiger partial charge on any atom is 0.329 e. The summed E-state index contributed by atoms with van der Waals surface area (Å²) in [4.78, 5) is 21.2. The second-order valence-corrected chi connectivity index (χ2v) is 6.82. The number of halogens is 1. The normalized spacial score (nSPS) is 17.2. The first kappa shape index (κ1) is 16.1. The molecule has 3 aromatic heterocycles. The van der Waals surface area contributed by atoms with E-state index in [9.17, 15) is 9.18 Å². The van der Waals surface area contributed by atoms with Crippen LogP contribution in [0.1, 0.15) is 12.5 Å². The van der Waals surface area contributed by atoms with E-state index in [0.29, 0.717) is 13.2 Å². The molecule has 0 saturated carbocycles. The van der Waals surface area contributed by atoms with Crippen molar-refractivity contribution in [1.82, 2.24) is 19.1 Å². The minimum atomic E-state index is -0.512. The van der Waals surface area contributed by atoms with Crippen molar-refractivity contribution in [2.45, 2.75) is 12.5 Å². The number of aromatic nitrogens is 4. The molecule has 1 aromatic carbocycles. The van der Waals surface area contributed by atoms with Crippen molar-refractivity contribution in [3.63, 3.8) is 0 Å². The van der Waals surface area contributed by atoms with Crippen LogP contribution < -0.4 is 5.69 Å². The summed E-state index contributed by atoms with van der Waals surface area (Å²) in [7, 11) is 1.76. The number of rotatable bonds is 2. The summed E-state index contributed by atoms with van der Waals surface area (Å²) in [6.45, 7) is 1.19. The third kappa shape index (κ3) is 2.46. The van der Waals surface area contributed by atoms with Crippen molar-refractivity contribution < 1.29 is 9.13 Å². The van der Waals surface area contributed by atoms with Crippen molar-refractivity contribution in [2.24, 2.45) is 7.05 Å². The highest BCUT2D eigenvalue weighted by atomic mass is 19.1. The number of hydrogen-bond acceptors (Lipinski definition) is 4. The van der Waals surface area contributed by atoms with E-state index < -0.39 is 5.95 Å². The van der Waals surface area contributed by atoms with Crippen LogP contribution in [0.4, 0.5) is 4.39 Å². The van der Waals surface area contributed by atoms with Gasteiger partial charge in [0.15, 0.2) is 0 Å². The SMILES string of the molecule is Cn1c(=O)n([C@H]2CCOC2)c2c3cc(-c4ccc(F)nc4)ccc3ncc21. The summed E-state index contributed by atoms with van der Waals surface area (Å²) in [6.07, 6.45) is 4.06. The number of hydrogen-bond donors (Lipinski definition) is 0. The summed E-state index contributed by atoms with van der Waals surface area (Å²) in [5, 5.41) is 0.888. The van der Waals surface area contributed by atoms with Gasteiger partial charge in [0.05, 0.1) is 35.4 Å². The first-order chi connectivity index (χ1) is 13.1. The number of aryl methyl sites for hydroxylation is 1. The van der Waals surface area contributed by atoms with E-state index in [4.69, 9.17) is 4.74 Å². The number of pyridine rings is 2. The first-order valence-corrected chi connectivity index (χ1v) is 8.83. The van der Waals surface area contributed by atoms with Gasteiger partial charge in [-0.3, -0.25) is 14.1 Å². The Labute approximate surface area is 153 Å². The third-order valence-corrected chi connectivity index (χ3v) is 5.25. The molecule has 0 radical (unpaired) electrons. The monoisotopic (exact) mass is 364 g/mol. The maximum atomic E-state index is 13.2. The smallest absolute Gasteiger partial charge is 0.329 e. The molecule has 1 aliphatic heterocycles. The Morgan fingerprint density at radius 3 is 2.74 bits per heavy atom. The largest absolute Gasteiger partial charge is 0.379 e. The van der Waals surface area contributed by atoms with E-state index in [1.165, 1.54) is 12.3 Å². The fourth-order valence-electron chi connectivity index (χ4n) is 3.82. The van der Waals surface area contributed by atoms with E-state index in [0.717, 1.165) is 39.5 Å². The van der Waals surface area contributed by atoms with Gasteiger partial charge in [0, 0.05) is 30.8 Å². The Morgan fingerprint density at radius 2 is 2.00 bits per heavy atom. The molecule has 0 amide bonds. The molecule has 0 N–H and O–H groups in total. The Balaban J connectivity index is 1.82. The minimum absolute atomic E-state index is 0.0166. The topological polar surface area (TPSA) is 61.9 Å². The quantitative estimate of drug-likeness (QED) is 0.513. The van der Waals surface area contributed by atoms with Crippen molar-refractivity contribution >= 4 is 21.9 Å². The number of benzene rings is 1. The molecule has 0 unspecified atom stereocenters. The molecule has 0 spiro atoms. The molecule has 1 aliphatic rings. The lowest BCUT2D eigenvalue weighted by Crippen LogP contribution is -2.26. The molecule has 27 heavy (non-hydrogen) atoms. The Kier molecular flexibility index (Phi) is 3.58. The van der Waals surface area contributed by atoms with Crippen molar-refractivity contribution in [2.75, 3.05) is 13.2 Å². The zero-order chi connectivity index (χ0) is 18.5. The van der Waals surface area contributed by atoms with Crippen LogP contribution in [0.3, 0.4) is 0 Å². The molecule has 136 valence electrons. The molecule has 5 rings (SSSR count). The number of nitrogens with zero attached hydrogens (tertiary/aromatic N) is 4. The fourth-order valence-corrected chi connectivity index (χ4v) is 3.82. The zero-order valence-electron chi connectivity index (χ0n) is 14.7. The van der Waals surface area contributed by atoms with Gasteiger partial charge in [0.1, 0.15) is 0 Å². The van der Waals surface area contributed by atoms with Crippen LogP contribution in [0, 0.1) is 5.95 Å². The highest BCUT2D eigenvalue weighted by Gasteiger charge is 2.24. The van der Waals surface area contributed by atoms with Crippen LogP contribution >= 0.6 is 0 Å². The van der Waals surface area contributed by atoms with E-state index in [1.54, 1.807) is 23.9 Å². The average Bonchev–Trinajstić information content (AvgIpc) is 3.29. The lowest BCUT2D eigenvalue weighted by atomic mass is 10.0. The van der Waals surface area contributed by atoms with Crippen LogP contribution in [0.15, 0.2) is 47.5 Å². The highest BCUT2D eigenvalue weighted by molar-refractivity contribution is 6.04. The van der Waals surface area contributed by atoms with Gasteiger partial charge in [-0.15, -0.1) is 0 Å². The number of imidazole rings is 1. The van der Waals surface area contributed by atoms with Gasteiger partial charge < -0.3 is 4.74 Å². The van der Waals surface area contributed by atoms with E-state index in [2.05, 4.69) is 9.97 Å². The lowest BCUT2D eigenvalue weighted by Gasteiger charge is -2.12. The predicted octanol–water partition coefficient (Wildman–Crippen LogP) is 3.05. The second kappa shape index (κ2) is 5.99. The molecule has 1 fully saturated rings. The molecular formula is C20H17FN4O2. The van der Waals surface area contributed by atoms with E-state index >= 15 is 0 Å². The average molecular weight is 364 g/mol. The number of ether oxygens (including phenoxy) is 1. The van der Waals surface area contributed by atoms with Crippen molar-refractivity contribution in [1.29, 1.82) is 0 Å². The third-order valence-electron chi connectivity index (χ3n) is 5.25. The first-order valence-electron chi connectivity index (χ1n) is 8.83. The molecule has 6 nitrogen and oxygen atoms in total. The van der Waals surface area contributed by atoms with E-state index in [-0.39, 0.29) is 11.7 Å². The predicted molar refractivity (Wildman–Crippen MR) is 100 cm³/mol. The minimum Gasteiger partial charge on any atom is -0.379 e. The molecule has 7 heteroatoms. The van der Waals surface area contributed by atoms with Crippen LogP contribution in [0.5, 0.6) is 0 Å². The zero-order valence-corrected chi connectivity index (χ0v) is 14.7. The highest BCUT2D eigenvalue weighted by Crippen LogP contribution is 2.31.